The molecule has 2 heterocycles. The molecule has 0 aliphatic carbocycles. The zero-order valence-corrected chi connectivity index (χ0v) is 14.2. The highest BCUT2D eigenvalue weighted by Crippen LogP contribution is 2.29. The van der Waals surface area contributed by atoms with Crippen molar-refractivity contribution in [2.24, 2.45) is 0 Å². The molecular formula is C17H19N3O3S. The van der Waals surface area contributed by atoms with Crippen molar-refractivity contribution in [3.63, 3.8) is 0 Å². The third kappa shape index (κ3) is 3.41. The Morgan fingerprint density at radius 2 is 2.04 bits per heavy atom. The summed E-state index contributed by atoms with van der Waals surface area (Å²) in [6.45, 7) is 2.35. The van der Waals surface area contributed by atoms with E-state index in [1.807, 2.05) is 31.2 Å². The maximum Gasteiger partial charge on any atom is 0.252 e. The Hall–Kier alpha value is -2.41. The van der Waals surface area contributed by atoms with Crippen LogP contribution in [0, 0.1) is 6.92 Å². The van der Waals surface area contributed by atoms with Crippen LogP contribution in [-0.2, 0) is 16.4 Å². The summed E-state index contributed by atoms with van der Waals surface area (Å²) in [5.41, 5.74) is 3.02. The quantitative estimate of drug-likeness (QED) is 0.891. The number of hydrogen-bond acceptors (Lipinski definition) is 4. The minimum absolute atomic E-state index is 0.0632. The van der Waals surface area contributed by atoms with Crippen molar-refractivity contribution in [2.75, 3.05) is 23.1 Å². The second-order valence-corrected chi connectivity index (χ2v) is 7.72. The number of carbonyl (C=O) groups is 1. The normalized spacial score (nSPS) is 13.6. The average molecular weight is 345 g/mol. The van der Waals surface area contributed by atoms with E-state index in [1.165, 1.54) is 10.5 Å². The van der Waals surface area contributed by atoms with Crippen molar-refractivity contribution in [2.45, 2.75) is 13.3 Å². The molecule has 1 aromatic heterocycles. The van der Waals surface area contributed by atoms with Gasteiger partial charge in [0.05, 0.1) is 17.0 Å². The van der Waals surface area contributed by atoms with E-state index in [0.29, 0.717) is 12.1 Å². The number of nitrogens with zero attached hydrogens (tertiary/aromatic N) is 2. The third-order valence-corrected chi connectivity index (χ3v) is 5.77. The molecule has 0 saturated heterocycles. The molecule has 7 heteroatoms. The molecule has 0 radical (unpaired) electrons. The lowest BCUT2D eigenvalue weighted by Crippen LogP contribution is -2.37. The standard InChI is InChI=1S/C17H19N3O3S/c1-13-6-7-15(12-19-13)17(21)18-9-11-24(22,23)20-10-8-14-4-2-3-5-16(14)20/h2-7,12H,8-11H2,1H3,(H,18,21). The summed E-state index contributed by atoms with van der Waals surface area (Å²) in [5, 5.41) is 2.64. The van der Waals surface area contributed by atoms with E-state index in [1.54, 1.807) is 12.1 Å². The van der Waals surface area contributed by atoms with Crippen LogP contribution in [0.25, 0.3) is 0 Å². The van der Waals surface area contributed by atoms with Gasteiger partial charge in [0.15, 0.2) is 0 Å². The molecule has 24 heavy (non-hydrogen) atoms. The van der Waals surface area contributed by atoms with Gasteiger partial charge in [0, 0.05) is 25.0 Å². The fourth-order valence-electron chi connectivity index (χ4n) is 2.70. The van der Waals surface area contributed by atoms with Crippen LogP contribution in [0.15, 0.2) is 42.6 Å². The number of nitrogens with one attached hydrogen (secondary N) is 1. The van der Waals surface area contributed by atoms with Gasteiger partial charge in [-0.25, -0.2) is 8.42 Å². The number of fused-ring (bicyclic) bond motifs is 1. The molecule has 0 bridgehead atoms. The number of pyridine rings is 1. The minimum atomic E-state index is -3.45. The summed E-state index contributed by atoms with van der Waals surface area (Å²) < 4.78 is 26.5. The SMILES string of the molecule is Cc1ccc(C(=O)NCCS(=O)(=O)N2CCc3ccccc32)cn1. The fourth-order valence-corrected chi connectivity index (χ4v) is 4.13. The van der Waals surface area contributed by atoms with Gasteiger partial charge in [-0.2, -0.15) is 0 Å². The highest BCUT2D eigenvalue weighted by molar-refractivity contribution is 7.92. The van der Waals surface area contributed by atoms with E-state index in [0.717, 1.165) is 23.4 Å². The molecular weight excluding hydrogens is 326 g/mol. The summed E-state index contributed by atoms with van der Waals surface area (Å²) in [7, 11) is -3.45. The predicted octanol–water partition coefficient (Wildman–Crippen LogP) is 1.51. The first-order valence-corrected chi connectivity index (χ1v) is 9.37. The molecule has 1 N–H and O–H groups in total. The molecule has 0 saturated carbocycles. The lowest BCUT2D eigenvalue weighted by Gasteiger charge is -2.19. The van der Waals surface area contributed by atoms with Crippen LogP contribution in [0.1, 0.15) is 21.6 Å². The van der Waals surface area contributed by atoms with Gasteiger partial charge in [-0.15, -0.1) is 0 Å². The summed E-state index contributed by atoms with van der Waals surface area (Å²) in [4.78, 5) is 16.1. The average Bonchev–Trinajstić information content (AvgIpc) is 3.00. The zero-order chi connectivity index (χ0) is 17.2. The van der Waals surface area contributed by atoms with Crippen LogP contribution in [0.3, 0.4) is 0 Å². The number of aromatic nitrogens is 1. The largest absolute Gasteiger partial charge is 0.351 e. The smallest absolute Gasteiger partial charge is 0.252 e. The predicted molar refractivity (Wildman–Crippen MR) is 92.6 cm³/mol. The Morgan fingerprint density at radius 3 is 2.79 bits per heavy atom. The summed E-state index contributed by atoms with van der Waals surface area (Å²) in [6, 6.07) is 10.9. The summed E-state index contributed by atoms with van der Waals surface area (Å²) in [5.74, 6) is -0.452. The molecule has 1 aromatic carbocycles. The van der Waals surface area contributed by atoms with Crippen molar-refractivity contribution < 1.29 is 13.2 Å². The van der Waals surface area contributed by atoms with Gasteiger partial charge in [0.2, 0.25) is 10.0 Å². The molecule has 0 spiro atoms. The minimum Gasteiger partial charge on any atom is -0.351 e. The van der Waals surface area contributed by atoms with E-state index >= 15 is 0 Å². The van der Waals surface area contributed by atoms with Crippen LogP contribution in [0.2, 0.25) is 0 Å². The maximum atomic E-state index is 12.5. The first-order valence-electron chi connectivity index (χ1n) is 7.76. The Morgan fingerprint density at radius 1 is 1.25 bits per heavy atom. The first kappa shape index (κ1) is 16.4. The van der Waals surface area contributed by atoms with Crippen LogP contribution < -0.4 is 9.62 Å². The van der Waals surface area contributed by atoms with Crippen molar-refractivity contribution >= 4 is 21.6 Å². The zero-order valence-electron chi connectivity index (χ0n) is 13.4. The molecule has 0 unspecified atom stereocenters. The number of para-hydroxylation sites is 1. The molecule has 0 fully saturated rings. The Balaban J connectivity index is 1.60. The van der Waals surface area contributed by atoms with Crippen molar-refractivity contribution in [1.82, 2.24) is 10.3 Å². The number of amides is 1. The second kappa shape index (κ2) is 6.60. The van der Waals surface area contributed by atoms with Crippen LogP contribution >= 0.6 is 0 Å². The lowest BCUT2D eigenvalue weighted by atomic mass is 10.2. The number of anilines is 1. The summed E-state index contributed by atoms with van der Waals surface area (Å²) >= 11 is 0. The van der Waals surface area contributed by atoms with Gasteiger partial charge >= 0.3 is 0 Å². The van der Waals surface area contributed by atoms with E-state index in [-0.39, 0.29) is 18.2 Å². The van der Waals surface area contributed by atoms with Crippen molar-refractivity contribution in [1.29, 1.82) is 0 Å². The molecule has 6 nitrogen and oxygen atoms in total. The van der Waals surface area contributed by atoms with Crippen molar-refractivity contribution in [3.05, 3.63) is 59.4 Å². The lowest BCUT2D eigenvalue weighted by molar-refractivity contribution is 0.0955. The van der Waals surface area contributed by atoms with Gasteiger partial charge in [0.1, 0.15) is 0 Å². The van der Waals surface area contributed by atoms with Gasteiger partial charge in [-0.3, -0.25) is 14.1 Å². The maximum absolute atomic E-state index is 12.5. The highest BCUT2D eigenvalue weighted by atomic mass is 32.2. The summed E-state index contributed by atoms with van der Waals surface area (Å²) in [6.07, 6.45) is 2.20. The third-order valence-electron chi connectivity index (χ3n) is 4.00. The highest BCUT2D eigenvalue weighted by Gasteiger charge is 2.28. The molecule has 1 aliphatic rings. The molecule has 3 rings (SSSR count). The number of rotatable bonds is 5. The Bertz CT molecular complexity index is 848. The molecule has 1 amide bonds. The van der Waals surface area contributed by atoms with E-state index < -0.39 is 10.0 Å². The number of aryl methyl sites for hydroxylation is 1. The second-order valence-electron chi connectivity index (χ2n) is 5.71. The van der Waals surface area contributed by atoms with E-state index in [2.05, 4.69) is 10.3 Å². The fraction of sp³-hybridized carbons (Fsp3) is 0.294. The molecule has 126 valence electrons. The number of carbonyl (C=O) groups excluding carboxylic acids is 1. The Labute approximate surface area is 141 Å². The van der Waals surface area contributed by atoms with E-state index in [4.69, 9.17) is 0 Å². The Kier molecular flexibility index (Phi) is 4.53. The number of hydrogen-bond donors (Lipinski definition) is 1. The topological polar surface area (TPSA) is 79.4 Å². The van der Waals surface area contributed by atoms with E-state index in [9.17, 15) is 13.2 Å². The van der Waals surface area contributed by atoms with Crippen molar-refractivity contribution in [3.8, 4) is 0 Å². The first-order chi connectivity index (χ1) is 11.5. The molecule has 2 aromatic rings. The van der Waals surface area contributed by atoms with Gasteiger partial charge < -0.3 is 5.32 Å². The van der Waals surface area contributed by atoms with Gasteiger partial charge in [0.25, 0.3) is 5.91 Å². The van der Waals surface area contributed by atoms with Gasteiger partial charge in [-0.1, -0.05) is 18.2 Å². The van der Waals surface area contributed by atoms with Crippen LogP contribution in [-0.4, -0.2) is 38.2 Å². The molecule has 1 aliphatic heterocycles. The number of benzene rings is 1. The van der Waals surface area contributed by atoms with Crippen LogP contribution in [0.4, 0.5) is 5.69 Å². The monoisotopic (exact) mass is 345 g/mol. The van der Waals surface area contributed by atoms with Crippen LogP contribution in [0.5, 0.6) is 0 Å². The number of sulfonamides is 1. The molecule has 0 atom stereocenters. The van der Waals surface area contributed by atoms with Gasteiger partial charge in [-0.05, 0) is 37.1 Å².